The number of benzene rings is 2. The van der Waals surface area contributed by atoms with Crippen LogP contribution in [0.5, 0.6) is 0 Å². The lowest BCUT2D eigenvalue weighted by Gasteiger charge is -2.14. The van der Waals surface area contributed by atoms with Crippen molar-refractivity contribution < 1.29 is 14.3 Å². The molecule has 3 rings (SSSR count). The Balaban J connectivity index is 1.76. The average Bonchev–Trinajstić information content (AvgIpc) is 3.07. The molecule has 1 atom stereocenters. The zero-order valence-electron chi connectivity index (χ0n) is 12.0. The van der Waals surface area contributed by atoms with Gasteiger partial charge in [-0.2, -0.15) is 0 Å². The molecule has 0 aliphatic carbocycles. The molecule has 0 aliphatic heterocycles. The summed E-state index contributed by atoms with van der Waals surface area (Å²) in [5.41, 5.74) is 0.965. The maximum Gasteiger partial charge on any atom is 0.225 e. The summed E-state index contributed by atoms with van der Waals surface area (Å²) < 4.78 is 5.23. The molecule has 0 aliphatic rings. The number of rotatable bonds is 5. The molecule has 1 unspecified atom stereocenters. The fraction of sp³-hybridized carbons (Fsp3) is 0.167. The van der Waals surface area contributed by atoms with E-state index in [1.807, 2.05) is 42.5 Å². The van der Waals surface area contributed by atoms with Gasteiger partial charge in [-0.05, 0) is 28.5 Å². The van der Waals surface area contributed by atoms with Crippen LogP contribution in [0.1, 0.15) is 17.4 Å². The van der Waals surface area contributed by atoms with Crippen molar-refractivity contribution in [3.8, 4) is 0 Å². The summed E-state index contributed by atoms with van der Waals surface area (Å²) in [6.07, 6.45) is 1.79. The molecule has 0 spiro atoms. The average molecular weight is 295 g/mol. The Hall–Kier alpha value is -2.59. The minimum absolute atomic E-state index is 0.146. The molecule has 4 heteroatoms. The molecular weight excluding hydrogens is 278 g/mol. The number of hydrogen-bond donors (Lipinski definition) is 2. The fourth-order valence-electron chi connectivity index (χ4n) is 2.56. The predicted molar refractivity (Wildman–Crippen MR) is 84.3 cm³/mol. The van der Waals surface area contributed by atoms with Crippen molar-refractivity contribution in [3.63, 3.8) is 0 Å². The number of carbonyl (C=O) groups is 1. The minimum Gasteiger partial charge on any atom is -0.467 e. The van der Waals surface area contributed by atoms with Gasteiger partial charge in [0.2, 0.25) is 5.91 Å². The molecule has 112 valence electrons. The van der Waals surface area contributed by atoms with Gasteiger partial charge in [0.05, 0.1) is 19.3 Å². The predicted octanol–water partition coefficient (Wildman–Crippen LogP) is 2.83. The SMILES string of the molecule is O=C(Cc1cccc2ccccc12)NC(CO)c1ccco1. The number of nitrogens with one attached hydrogen (secondary N) is 1. The lowest BCUT2D eigenvalue weighted by molar-refractivity contribution is -0.121. The van der Waals surface area contributed by atoms with E-state index in [9.17, 15) is 9.90 Å². The first-order chi connectivity index (χ1) is 10.8. The zero-order valence-corrected chi connectivity index (χ0v) is 12.0. The van der Waals surface area contributed by atoms with Gasteiger partial charge in [-0.15, -0.1) is 0 Å². The molecule has 4 nitrogen and oxygen atoms in total. The van der Waals surface area contributed by atoms with Crippen molar-refractivity contribution in [1.82, 2.24) is 5.32 Å². The maximum absolute atomic E-state index is 12.3. The van der Waals surface area contributed by atoms with Crippen molar-refractivity contribution in [2.24, 2.45) is 0 Å². The molecule has 2 aromatic carbocycles. The summed E-state index contributed by atoms with van der Waals surface area (Å²) in [7, 11) is 0. The van der Waals surface area contributed by atoms with Crippen molar-refractivity contribution in [1.29, 1.82) is 0 Å². The molecule has 3 aromatic rings. The molecule has 2 N–H and O–H groups in total. The number of aliphatic hydroxyl groups excluding tert-OH is 1. The van der Waals surface area contributed by atoms with Gasteiger partial charge in [-0.1, -0.05) is 42.5 Å². The van der Waals surface area contributed by atoms with Crippen LogP contribution in [0, 0.1) is 0 Å². The van der Waals surface area contributed by atoms with Crippen LogP contribution in [0.25, 0.3) is 10.8 Å². The summed E-state index contributed by atoms with van der Waals surface area (Å²) in [5, 5.41) is 14.4. The molecule has 0 saturated heterocycles. The molecular formula is C18H17NO3. The van der Waals surface area contributed by atoms with Crippen molar-refractivity contribution >= 4 is 16.7 Å². The summed E-state index contributed by atoms with van der Waals surface area (Å²) in [4.78, 5) is 12.3. The van der Waals surface area contributed by atoms with Gasteiger partial charge in [0.25, 0.3) is 0 Å². The molecule has 1 aromatic heterocycles. The number of furan rings is 1. The van der Waals surface area contributed by atoms with E-state index in [-0.39, 0.29) is 18.9 Å². The summed E-state index contributed by atoms with van der Waals surface area (Å²) in [6, 6.07) is 16.8. The number of amides is 1. The van der Waals surface area contributed by atoms with Gasteiger partial charge in [-0.3, -0.25) is 4.79 Å². The van der Waals surface area contributed by atoms with Gasteiger partial charge >= 0.3 is 0 Å². The molecule has 22 heavy (non-hydrogen) atoms. The highest BCUT2D eigenvalue weighted by Crippen LogP contribution is 2.19. The van der Waals surface area contributed by atoms with E-state index in [0.29, 0.717) is 5.76 Å². The quantitative estimate of drug-likeness (QED) is 0.761. The first kappa shape index (κ1) is 14.4. The van der Waals surface area contributed by atoms with E-state index in [0.717, 1.165) is 16.3 Å². The van der Waals surface area contributed by atoms with E-state index >= 15 is 0 Å². The highest BCUT2D eigenvalue weighted by atomic mass is 16.3. The highest BCUT2D eigenvalue weighted by molar-refractivity contribution is 5.90. The summed E-state index contributed by atoms with van der Waals surface area (Å²) >= 11 is 0. The lowest BCUT2D eigenvalue weighted by Crippen LogP contribution is -2.31. The summed E-state index contributed by atoms with van der Waals surface area (Å²) in [6.45, 7) is -0.200. The number of aliphatic hydroxyl groups is 1. The van der Waals surface area contributed by atoms with E-state index in [1.165, 1.54) is 6.26 Å². The standard InChI is InChI=1S/C18H17NO3/c20-12-16(17-9-4-10-22-17)19-18(21)11-14-7-3-6-13-5-1-2-8-15(13)14/h1-10,16,20H,11-12H2,(H,19,21). The molecule has 1 heterocycles. The third-order valence-corrected chi connectivity index (χ3v) is 3.64. The Bertz CT molecular complexity index is 760. The molecule has 1 amide bonds. The molecule has 0 bridgehead atoms. The van der Waals surface area contributed by atoms with Crippen LogP contribution < -0.4 is 5.32 Å². The normalized spacial score (nSPS) is 12.2. The second-order valence-corrected chi connectivity index (χ2v) is 5.13. The zero-order chi connectivity index (χ0) is 15.4. The molecule has 0 radical (unpaired) electrons. The van der Waals surface area contributed by atoms with Gasteiger partial charge in [0, 0.05) is 0 Å². The Morgan fingerprint density at radius 1 is 1.09 bits per heavy atom. The molecule has 0 saturated carbocycles. The Morgan fingerprint density at radius 3 is 2.68 bits per heavy atom. The van der Waals surface area contributed by atoms with Crippen LogP contribution >= 0.6 is 0 Å². The Kier molecular flexibility index (Phi) is 4.21. The Labute approximate surface area is 128 Å². The molecule has 0 fully saturated rings. The monoisotopic (exact) mass is 295 g/mol. The van der Waals surface area contributed by atoms with Gasteiger partial charge in [-0.25, -0.2) is 0 Å². The first-order valence-electron chi connectivity index (χ1n) is 7.18. The first-order valence-corrected chi connectivity index (χ1v) is 7.18. The van der Waals surface area contributed by atoms with Crippen molar-refractivity contribution in [2.75, 3.05) is 6.61 Å². The number of hydrogen-bond acceptors (Lipinski definition) is 3. The number of fused-ring (bicyclic) bond motifs is 1. The van der Waals surface area contributed by atoms with Crippen LogP contribution in [0.4, 0.5) is 0 Å². The fourth-order valence-corrected chi connectivity index (χ4v) is 2.56. The van der Waals surface area contributed by atoms with Crippen LogP contribution in [0.3, 0.4) is 0 Å². The number of carbonyl (C=O) groups excluding carboxylic acids is 1. The topological polar surface area (TPSA) is 62.5 Å². The van der Waals surface area contributed by atoms with E-state index < -0.39 is 6.04 Å². The Morgan fingerprint density at radius 2 is 1.91 bits per heavy atom. The van der Waals surface area contributed by atoms with Crippen LogP contribution in [-0.4, -0.2) is 17.6 Å². The van der Waals surface area contributed by atoms with Crippen LogP contribution in [0.15, 0.2) is 65.3 Å². The summed E-state index contributed by atoms with van der Waals surface area (Å²) in [5.74, 6) is 0.403. The van der Waals surface area contributed by atoms with Crippen LogP contribution in [-0.2, 0) is 11.2 Å². The highest BCUT2D eigenvalue weighted by Gasteiger charge is 2.16. The third-order valence-electron chi connectivity index (χ3n) is 3.64. The van der Waals surface area contributed by atoms with Gasteiger partial charge < -0.3 is 14.8 Å². The van der Waals surface area contributed by atoms with Gasteiger partial charge in [0.15, 0.2) is 0 Å². The third kappa shape index (κ3) is 3.02. The lowest BCUT2D eigenvalue weighted by atomic mass is 10.0. The largest absolute Gasteiger partial charge is 0.467 e. The van der Waals surface area contributed by atoms with Crippen molar-refractivity contribution in [3.05, 3.63) is 72.2 Å². The second kappa shape index (κ2) is 6.45. The maximum atomic E-state index is 12.3. The van der Waals surface area contributed by atoms with Crippen molar-refractivity contribution in [2.45, 2.75) is 12.5 Å². The van der Waals surface area contributed by atoms with E-state index in [4.69, 9.17) is 4.42 Å². The van der Waals surface area contributed by atoms with E-state index in [1.54, 1.807) is 12.1 Å². The minimum atomic E-state index is -0.516. The smallest absolute Gasteiger partial charge is 0.225 e. The second-order valence-electron chi connectivity index (χ2n) is 5.13. The van der Waals surface area contributed by atoms with E-state index in [2.05, 4.69) is 5.32 Å². The van der Waals surface area contributed by atoms with Gasteiger partial charge in [0.1, 0.15) is 11.8 Å². The van der Waals surface area contributed by atoms with Crippen LogP contribution in [0.2, 0.25) is 0 Å².